The van der Waals surface area contributed by atoms with Gasteiger partial charge in [0.05, 0.1) is 12.4 Å². The van der Waals surface area contributed by atoms with Crippen molar-refractivity contribution in [2.75, 3.05) is 6.54 Å². The Hall–Kier alpha value is -3.34. The summed E-state index contributed by atoms with van der Waals surface area (Å²) in [6, 6.07) is 7.46. The Labute approximate surface area is 174 Å². The number of ether oxygens (including phenoxy) is 1. The van der Waals surface area contributed by atoms with Gasteiger partial charge in [-0.2, -0.15) is 0 Å². The molecular formula is C20H18N5O4S-. The molecule has 0 saturated carbocycles. The molecule has 1 unspecified atom stereocenters. The summed E-state index contributed by atoms with van der Waals surface area (Å²) in [7, 11) is 1.69. The first-order chi connectivity index (χ1) is 14.5. The minimum atomic E-state index is -2.31. The van der Waals surface area contributed by atoms with Gasteiger partial charge < -0.3 is 18.8 Å². The molecule has 0 amide bonds. The average molecular weight is 424 g/mol. The highest BCUT2D eigenvalue weighted by atomic mass is 32.2. The average Bonchev–Trinajstić information content (AvgIpc) is 3.22. The van der Waals surface area contributed by atoms with Crippen molar-refractivity contribution >= 4 is 22.2 Å². The molecule has 0 spiro atoms. The van der Waals surface area contributed by atoms with Crippen LogP contribution in [0.25, 0.3) is 22.0 Å². The highest BCUT2D eigenvalue weighted by Crippen LogP contribution is 2.37. The zero-order chi connectivity index (χ0) is 21.1. The van der Waals surface area contributed by atoms with E-state index >= 15 is 0 Å². The lowest BCUT2D eigenvalue weighted by Crippen LogP contribution is -2.19. The van der Waals surface area contributed by atoms with Gasteiger partial charge in [0.2, 0.25) is 0 Å². The van der Waals surface area contributed by atoms with Gasteiger partial charge in [0.1, 0.15) is 17.6 Å². The number of pyridine rings is 1. The van der Waals surface area contributed by atoms with Gasteiger partial charge in [0.25, 0.3) is 5.56 Å². The van der Waals surface area contributed by atoms with Gasteiger partial charge in [-0.05, 0) is 30.2 Å². The highest BCUT2D eigenvalue weighted by molar-refractivity contribution is 7.77. The summed E-state index contributed by atoms with van der Waals surface area (Å²) < 4.78 is 31.4. The summed E-state index contributed by atoms with van der Waals surface area (Å²) in [6.07, 6.45) is 8.52. The molecule has 9 nitrogen and oxygen atoms in total. The van der Waals surface area contributed by atoms with Crippen molar-refractivity contribution in [2.24, 2.45) is 7.05 Å². The monoisotopic (exact) mass is 424 g/mol. The molecule has 2 N–H and O–H groups in total. The maximum Gasteiger partial charge on any atom is 0.274 e. The molecule has 0 bridgehead atoms. The number of H-pyrrole nitrogens is 1. The van der Waals surface area contributed by atoms with Crippen molar-refractivity contribution in [3.8, 4) is 22.6 Å². The van der Waals surface area contributed by atoms with Gasteiger partial charge in [-0.25, -0.2) is 14.7 Å². The predicted octanol–water partition coefficient (Wildman–Crippen LogP) is 2.04. The number of hydrogen-bond donors (Lipinski definition) is 2. The summed E-state index contributed by atoms with van der Waals surface area (Å²) >= 11 is -2.31. The molecule has 30 heavy (non-hydrogen) atoms. The molecule has 154 valence electrons. The number of nitrogens with one attached hydrogen (secondary N) is 2. The standard InChI is InChI=1S/C20H19N5O4S/c1-25-11-17(15-5-6-23-19(15)20(25)26)16-8-13(4-7-24-30(27)28)2-3-18(16)29-14-9-21-12-22-10-14/h2-3,5-6,8-12,23-24H,4,7H2,1H3,(H,27,28)/p-1. The lowest BCUT2D eigenvalue weighted by Gasteiger charge is -2.15. The second kappa shape index (κ2) is 8.57. The van der Waals surface area contributed by atoms with Crippen LogP contribution in [-0.2, 0) is 24.7 Å². The summed E-state index contributed by atoms with van der Waals surface area (Å²) in [5.74, 6) is 1.04. The molecule has 3 aromatic heterocycles. The van der Waals surface area contributed by atoms with Gasteiger partial charge in [0.15, 0.2) is 5.75 Å². The summed E-state index contributed by atoms with van der Waals surface area (Å²) in [5, 5.41) is 0.767. The van der Waals surface area contributed by atoms with E-state index in [4.69, 9.17) is 4.74 Å². The molecule has 1 aromatic carbocycles. The number of aromatic nitrogens is 4. The minimum Gasteiger partial charge on any atom is -0.760 e. The van der Waals surface area contributed by atoms with E-state index in [9.17, 15) is 13.6 Å². The molecule has 0 saturated heterocycles. The molecule has 0 aliphatic carbocycles. The van der Waals surface area contributed by atoms with Gasteiger partial charge in [-0.1, -0.05) is 6.07 Å². The fourth-order valence-electron chi connectivity index (χ4n) is 3.26. The number of aryl methyl sites for hydroxylation is 1. The Morgan fingerprint density at radius 2 is 2.03 bits per heavy atom. The Morgan fingerprint density at radius 1 is 1.23 bits per heavy atom. The number of fused-ring (bicyclic) bond motifs is 1. The molecule has 0 aliphatic rings. The Kier molecular flexibility index (Phi) is 5.70. The normalized spacial score (nSPS) is 12.2. The van der Waals surface area contributed by atoms with Gasteiger partial charge in [-0.3, -0.25) is 9.00 Å². The number of nitrogens with zero attached hydrogens (tertiary/aromatic N) is 3. The first-order valence-corrected chi connectivity index (χ1v) is 10.2. The quantitative estimate of drug-likeness (QED) is 0.438. The fourth-order valence-corrected chi connectivity index (χ4v) is 3.53. The summed E-state index contributed by atoms with van der Waals surface area (Å²) in [4.78, 5) is 23.4. The van der Waals surface area contributed by atoms with E-state index in [2.05, 4.69) is 19.7 Å². The molecule has 0 radical (unpaired) electrons. The largest absolute Gasteiger partial charge is 0.760 e. The summed E-state index contributed by atoms with van der Waals surface area (Å²) in [6.45, 7) is 0.273. The zero-order valence-corrected chi connectivity index (χ0v) is 16.8. The minimum absolute atomic E-state index is 0.129. The van der Waals surface area contributed by atoms with E-state index in [1.807, 2.05) is 24.3 Å². The number of benzene rings is 1. The molecule has 0 fully saturated rings. The second-order valence-electron chi connectivity index (χ2n) is 6.61. The zero-order valence-electron chi connectivity index (χ0n) is 16.0. The van der Waals surface area contributed by atoms with Gasteiger partial charge in [-0.15, -0.1) is 0 Å². The number of aromatic amines is 1. The fraction of sp³-hybridized carbons (Fsp3) is 0.150. The van der Waals surface area contributed by atoms with Crippen molar-refractivity contribution in [2.45, 2.75) is 6.42 Å². The van der Waals surface area contributed by atoms with Crippen LogP contribution in [0.5, 0.6) is 11.5 Å². The van der Waals surface area contributed by atoms with E-state index in [1.165, 1.54) is 10.9 Å². The third-order valence-electron chi connectivity index (χ3n) is 4.63. The van der Waals surface area contributed by atoms with Crippen LogP contribution in [0.15, 0.2) is 60.2 Å². The molecule has 0 aliphatic heterocycles. The number of rotatable bonds is 7. The molecule has 4 aromatic rings. The Balaban J connectivity index is 1.82. The summed E-state index contributed by atoms with van der Waals surface area (Å²) in [5.41, 5.74) is 2.85. The first-order valence-electron chi connectivity index (χ1n) is 9.08. The van der Waals surface area contributed by atoms with Crippen LogP contribution in [-0.4, -0.2) is 34.8 Å². The van der Waals surface area contributed by atoms with E-state index in [0.717, 1.165) is 22.1 Å². The third-order valence-corrected chi connectivity index (χ3v) is 5.07. The predicted molar refractivity (Wildman–Crippen MR) is 112 cm³/mol. The van der Waals surface area contributed by atoms with Crippen molar-refractivity contribution < 1.29 is 13.5 Å². The molecular weight excluding hydrogens is 406 g/mol. The van der Waals surface area contributed by atoms with Crippen molar-refractivity contribution in [1.82, 2.24) is 24.2 Å². The first kappa shape index (κ1) is 20.0. The second-order valence-corrected chi connectivity index (χ2v) is 7.37. The van der Waals surface area contributed by atoms with Crippen LogP contribution in [0, 0.1) is 0 Å². The van der Waals surface area contributed by atoms with Crippen LogP contribution < -0.4 is 15.0 Å². The molecule has 1 atom stereocenters. The smallest absolute Gasteiger partial charge is 0.274 e. The highest BCUT2D eigenvalue weighted by Gasteiger charge is 2.15. The van der Waals surface area contributed by atoms with Crippen molar-refractivity contribution in [3.05, 3.63) is 71.3 Å². The molecule has 3 heterocycles. The van der Waals surface area contributed by atoms with Gasteiger partial charge in [0, 0.05) is 53.8 Å². The van der Waals surface area contributed by atoms with Crippen LogP contribution in [0.4, 0.5) is 0 Å². The Bertz CT molecular complexity index is 1270. The maximum absolute atomic E-state index is 12.4. The maximum atomic E-state index is 12.4. The van der Waals surface area contributed by atoms with E-state index in [-0.39, 0.29) is 12.1 Å². The van der Waals surface area contributed by atoms with Gasteiger partial charge >= 0.3 is 0 Å². The molecule has 10 heteroatoms. The van der Waals surface area contributed by atoms with Crippen molar-refractivity contribution in [3.63, 3.8) is 0 Å². The number of hydrogen-bond acceptors (Lipinski definition) is 6. The van der Waals surface area contributed by atoms with Crippen LogP contribution in [0.3, 0.4) is 0 Å². The topological polar surface area (TPSA) is 125 Å². The van der Waals surface area contributed by atoms with E-state index in [0.29, 0.717) is 23.4 Å². The van der Waals surface area contributed by atoms with Crippen molar-refractivity contribution in [1.29, 1.82) is 0 Å². The SMILES string of the molecule is Cn1cc(-c2cc(CCNS(=O)[O-])ccc2Oc2cncnc2)c2cc[nH]c2c1=O. The lowest BCUT2D eigenvalue weighted by atomic mass is 9.99. The van der Waals surface area contributed by atoms with Crippen LogP contribution >= 0.6 is 0 Å². The van der Waals surface area contributed by atoms with E-state index in [1.54, 1.807) is 31.8 Å². The van der Waals surface area contributed by atoms with E-state index < -0.39 is 11.3 Å². The Morgan fingerprint density at radius 3 is 2.80 bits per heavy atom. The lowest BCUT2D eigenvalue weighted by molar-refractivity contribution is 0.479. The van der Waals surface area contributed by atoms with Crippen LogP contribution in [0.2, 0.25) is 0 Å². The third kappa shape index (κ3) is 4.15. The van der Waals surface area contributed by atoms with Crippen LogP contribution in [0.1, 0.15) is 5.56 Å². The molecule has 4 rings (SSSR count).